The van der Waals surface area contributed by atoms with Crippen molar-refractivity contribution >= 4 is 46.6 Å². The van der Waals surface area contributed by atoms with Crippen molar-refractivity contribution in [3.63, 3.8) is 0 Å². The van der Waals surface area contributed by atoms with E-state index < -0.39 is 0 Å². The third-order valence-corrected chi connectivity index (χ3v) is 5.02. The van der Waals surface area contributed by atoms with Gasteiger partial charge in [0.2, 0.25) is 11.1 Å². The van der Waals surface area contributed by atoms with Crippen molar-refractivity contribution in [1.29, 1.82) is 0 Å². The number of benzene rings is 2. The van der Waals surface area contributed by atoms with Crippen molar-refractivity contribution in [1.82, 2.24) is 14.9 Å². The van der Waals surface area contributed by atoms with E-state index in [4.69, 9.17) is 29.0 Å². The Morgan fingerprint density at radius 3 is 2.64 bits per heavy atom. The highest BCUT2D eigenvalue weighted by Crippen LogP contribution is 2.29. The molecule has 0 unspecified atom stereocenters. The standard InChI is InChI=1S/C16H13Cl2N5OS/c17-11-7-4-8-12(14(11)18)20-13(24)9-25-16-22-21-15(23(16)19)10-5-2-1-3-6-10/h1-8H,9,19H2,(H,20,24). The van der Waals surface area contributed by atoms with Crippen LogP contribution in [0.25, 0.3) is 11.4 Å². The normalized spacial score (nSPS) is 10.6. The average Bonchev–Trinajstić information content (AvgIpc) is 2.99. The number of thioether (sulfide) groups is 1. The van der Waals surface area contributed by atoms with Crippen molar-refractivity contribution in [2.45, 2.75) is 5.16 Å². The second-order valence-corrected chi connectivity index (χ2v) is 6.71. The zero-order valence-electron chi connectivity index (χ0n) is 12.8. The lowest BCUT2D eigenvalue weighted by Crippen LogP contribution is -2.16. The fourth-order valence-electron chi connectivity index (χ4n) is 2.08. The summed E-state index contributed by atoms with van der Waals surface area (Å²) < 4.78 is 1.36. The third kappa shape index (κ3) is 4.07. The fourth-order valence-corrected chi connectivity index (χ4v) is 3.08. The molecule has 0 spiro atoms. The molecule has 3 N–H and O–H groups in total. The first-order chi connectivity index (χ1) is 12.1. The lowest BCUT2D eigenvalue weighted by molar-refractivity contribution is -0.113. The molecule has 1 amide bonds. The maximum Gasteiger partial charge on any atom is 0.234 e. The van der Waals surface area contributed by atoms with E-state index >= 15 is 0 Å². The van der Waals surface area contributed by atoms with Crippen LogP contribution in [0.1, 0.15) is 0 Å². The average molecular weight is 394 g/mol. The van der Waals surface area contributed by atoms with Gasteiger partial charge in [-0.25, -0.2) is 4.68 Å². The summed E-state index contributed by atoms with van der Waals surface area (Å²) in [6.45, 7) is 0. The largest absolute Gasteiger partial charge is 0.335 e. The van der Waals surface area contributed by atoms with Gasteiger partial charge in [-0.2, -0.15) is 0 Å². The minimum absolute atomic E-state index is 0.104. The number of nitrogens with zero attached hydrogens (tertiary/aromatic N) is 3. The van der Waals surface area contributed by atoms with Crippen molar-refractivity contribution < 1.29 is 4.79 Å². The van der Waals surface area contributed by atoms with E-state index in [9.17, 15) is 4.79 Å². The van der Waals surface area contributed by atoms with Gasteiger partial charge in [-0.05, 0) is 12.1 Å². The number of rotatable bonds is 5. The van der Waals surface area contributed by atoms with Crippen LogP contribution in [-0.4, -0.2) is 26.5 Å². The first-order valence-electron chi connectivity index (χ1n) is 7.19. The molecule has 0 saturated heterocycles. The van der Waals surface area contributed by atoms with Crippen LogP contribution in [0.3, 0.4) is 0 Å². The topological polar surface area (TPSA) is 85.8 Å². The number of carbonyl (C=O) groups excluding carboxylic acids is 1. The van der Waals surface area contributed by atoms with E-state index in [0.29, 0.717) is 26.7 Å². The van der Waals surface area contributed by atoms with E-state index in [1.807, 2.05) is 30.3 Å². The monoisotopic (exact) mass is 393 g/mol. The van der Waals surface area contributed by atoms with Crippen LogP contribution in [0.2, 0.25) is 10.0 Å². The maximum absolute atomic E-state index is 12.1. The number of nitrogen functional groups attached to an aromatic ring is 1. The maximum atomic E-state index is 12.1. The molecule has 1 heterocycles. The Balaban J connectivity index is 1.65. The van der Waals surface area contributed by atoms with Gasteiger partial charge in [0.25, 0.3) is 0 Å². The molecule has 3 aromatic rings. The summed E-state index contributed by atoms with van der Waals surface area (Å²) in [6, 6.07) is 14.5. The summed E-state index contributed by atoms with van der Waals surface area (Å²) in [5.74, 6) is 6.40. The number of carbonyl (C=O) groups is 1. The molecule has 9 heteroatoms. The highest BCUT2D eigenvalue weighted by atomic mass is 35.5. The molecular formula is C16H13Cl2N5OS. The first-order valence-corrected chi connectivity index (χ1v) is 8.93. The number of nitrogens with one attached hydrogen (secondary N) is 1. The molecule has 0 aliphatic heterocycles. The van der Waals surface area contributed by atoms with Gasteiger partial charge >= 0.3 is 0 Å². The number of hydrogen-bond donors (Lipinski definition) is 2. The van der Waals surface area contributed by atoms with Crippen molar-refractivity contribution in [2.75, 3.05) is 16.9 Å². The summed E-state index contributed by atoms with van der Waals surface area (Å²) >= 11 is 13.2. The van der Waals surface area contributed by atoms with Crippen LogP contribution in [-0.2, 0) is 4.79 Å². The van der Waals surface area contributed by atoms with Crippen molar-refractivity contribution in [3.05, 3.63) is 58.6 Å². The van der Waals surface area contributed by atoms with Crippen LogP contribution < -0.4 is 11.2 Å². The summed E-state index contributed by atoms with van der Waals surface area (Å²) in [4.78, 5) is 12.1. The van der Waals surface area contributed by atoms with Crippen molar-refractivity contribution in [2.24, 2.45) is 0 Å². The fraction of sp³-hybridized carbons (Fsp3) is 0.0625. The van der Waals surface area contributed by atoms with Gasteiger partial charge < -0.3 is 11.2 Å². The highest BCUT2D eigenvalue weighted by Gasteiger charge is 2.14. The lowest BCUT2D eigenvalue weighted by Gasteiger charge is -2.08. The lowest BCUT2D eigenvalue weighted by atomic mass is 10.2. The molecule has 0 bridgehead atoms. The first kappa shape index (κ1) is 17.6. The Morgan fingerprint density at radius 1 is 1.12 bits per heavy atom. The second kappa shape index (κ2) is 7.77. The number of amides is 1. The van der Waals surface area contributed by atoms with Gasteiger partial charge in [0.15, 0.2) is 5.82 Å². The Labute approximate surface area is 158 Å². The van der Waals surface area contributed by atoms with E-state index in [-0.39, 0.29) is 11.7 Å². The second-order valence-electron chi connectivity index (χ2n) is 4.98. The van der Waals surface area contributed by atoms with Gasteiger partial charge in [0.05, 0.1) is 21.5 Å². The van der Waals surface area contributed by atoms with E-state index in [1.54, 1.807) is 18.2 Å². The smallest absolute Gasteiger partial charge is 0.234 e. The summed E-state index contributed by atoms with van der Waals surface area (Å²) in [5, 5.41) is 11.9. The Kier molecular flexibility index (Phi) is 5.47. The van der Waals surface area contributed by atoms with Gasteiger partial charge in [0.1, 0.15) is 0 Å². The van der Waals surface area contributed by atoms with E-state index in [0.717, 1.165) is 5.56 Å². The molecule has 0 atom stereocenters. The summed E-state index contributed by atoms with van der Waals surface area (Å²) in [5.41, 5.74) is 1.30. The number of hydrogen-bond acceptors (Lipinski definition) is 5. The van der Waals surface area contributed by atoms with Crippen molar-refractivity contribution in [3.8, 4) is 11.4 Å². The quantitative estimate of drug-likeness (QED) is 0.509. The van der Waals surface area contributed by atoms with Crippen LogP contribution in [0, 0.1) is 0 Å². The Hall–Kier alpha value is -2.22. The van der Waals surface area contributed by atoms with E-state index in [1.165, 1.54) is 16.4 Å². The SMILES string of the molecule is Nn1c(SCC(=O)Nc2cccc(Cl)c2Cl)nnc1-c1ccccc1. The molecule has 0 aliphatic rings. The highest BCUT2D eigenvalue weighted by molar-refractivity contribution is 7.99. The predicted molar refractivity (Wildman–Crippen MR) is 101 cm³/mol. The van der Waals surface area contributed by atoms with Crippen LogP contribution in [0.4, 0.5) is 5.69 Å². The molecule has 0 aliphatic carbocycles. The Morgan fingerprint density at radius 2 is 1.88 bits per heavy atom. The molecule has 0 saturated carbocycles. The third-order valence-electron chi connectivity index (χ3n) is 3.25. The molecule has 2 aromatic carbocycles. The van der Waals surface area contributed by atoms with Gasteiger partial charge in [-0.3, -0.25) is 4.79 Å². The number of halogens is 2. The van der Waals surface area contributed by atoms with Crippen LogP contribution in [0.15, 0.2) is 53.7 Å². The summed E-state index contributed by atoms with van der Waals surface area (Å²) in [6.07, 6.45) is 0. The molecule has 128 valence electrons. The summed E-state index contributed by atoms with van der Waals surface area (Å²) in [7, 11) is 0. The molecular weight excluding hydrogens is 381 g/mol. The number of nitrogens with two attached hydrogens (primary N) is 1. The number of aromatic nitrogens is 3. The van der Waals surface area contributed by atoms with Gasteiger partial charge in [-0.15, -0.1) is 10.2 Å². The Bertz CT molecular complexity index is 901. The molecule has 6 nitrogen and oxygen atoms in total. The minimum Gasteiger partial charge on any atom is -0.335 e. The molecule has 0 fully saturated rings. The van der Waals surface area contributed by atoms with Gasteiger partial charge in [-0.1, -0.05) is 71.4 Å². The van der Waals surface area contributed by atoms with Crippen LogP contribution >= 0.6 is 35.0 Å². The number of anilines is 1. The molecule has 1 aromatic heterocycles. The molecule has 25 heavy (non-hydrogen) atoms. The van der Waals surface area contributed by atoms with Crippen LogP contribution in [0.5, 0.6) is 0 Å². The minimum atomic E-state index is -0.251. The zero-order chi connectivity index (χ0) is 17.8. The predicted octanol–water partition coefficient (Wildman–Crippen LogP) is 3.70. The zero-order valence-corrected chi connectivity index (χ0v) is 15.1. The molecule has 3 rings (SSSR count). The van der Waals surface area contributed by atoms with E-state index in [2.05, 4.69) is 15.5 Å². The molecule has 0 radical (unpaired) electrons. The van der Waals surface area contributed by atoms with Gasteiger partial charge in [0, 0.05) is 5.56 Å².